The van der Waals surface area contributed by atoms with Gasteiger partial charge in [-0.25, -0.2) is 0 Å². The number of rotatable bonds is 6. The van der Waals surface area contributed by atoms with Crippen molar-refractivity contribution in [3.8, 4) is 0 Å². The third-order valence-electron chi connectivity index (χ3n) is 4.48. The van der Waals surface area contributed by atoms with E-state index in [-0.39, 0.29) is 11.9 Å². The van der Waals surface area contributed by atoms with Crippen LogP contribution in [0.25, 0.3) is 0 Å². The summed E-state index contributed by atoms with van der Waals surface area (Å²) in [5, 5.41) is 6.38. The zero-order chi connectivity index (χ0) is 15.2. The number of carbonyl (C=O) groups excluding carboxylic acids is 1. The summed E-state index contributed by atoms with van der Waals surface area (Å²) in [6.45, 7) is 8.20. The molecule has 1 heterocycles. The molecule has 21 heavy (non-hydrogen) atoms. The summed E-state index contributed by atoms with van der Waals surface area (Å²) in [5.41, 5.74) is 5.48. The van der Waals surface area contributed by atoms with Crippen LogP contribution in [0.15, 0.2) is 12.1 Å². The molecule has 1 fully saturated rings. The lowest BCUT2D eigenvalue weighted by Gasteiger charge is -2.17. The standard InChI is InChI=1S/C18H28N2O/c1-4-13-10-14(5-2)16(15(6-3)11-13)12-20-18(21)17-8-7-9-19-17/h10-11,17,19H,4-9,12H2,1-3H3,(H,20,21)/t17-/m0/s1. The molecule has 1 aliphatic rings. The molecule has 0 unspecified atom stereocenters. The van der Waals surface area contributed by atoms with Gasteiger partial charge in [0, 0.05) is 6.54 Å². The molecule has 1 saturated heterocycles. The lowest BCUT2D eigenvalue weighted by atomic mass is 9.93. The van der Waals surface area contributed by atoms with E-state index >= 15 is 0 Å². The van der Waals surface area contributed by atoms with Crippen LogP contribution < -0.4 is 10.6 Å². The summed E-state index contributed by atoms with van der Waals surface area (Å²) in [4.78, 5) is 12.2. The number of hydrogen-bond acceptors (Lipinski definition) is 2. The molecular weight excluding hydrogens is 260 g/mol. The second kappa shape index (κ2) is 7.60. The maximum Gasteiger partial charge on any atom is 0.237 e. The summed E-state index contributed by atoms with van der Waals surface area (Å²) >= 11 is 0. The van der Waals surface area contributed by atoms with Gasteiger partial charge in [0.1, 0.15) is 0 Å². The molecule has 0 saturated carbocycles. The first-order valence-electron chi connectivity index (χ1n) is 8.34. The molecule has 3 nitrogen and oxygen atoms in total. The van der Waals surface area contributed by atoms with Crippen LogP contribution in [0.1, 0.15) is 55.9 Å². The Balaban J connectivity index is 2.12. The number of benzene rings is 1. The zero-order valence-electron chi connectivity index (χ0n) is 13.6. The van der Waals surface area contributed by atoms with Crippen LogP contribution in [0.3, 0.4) is 0 Å². The molecule has 0 spiro atoms. The van der Waals surface area contributed by atoms with Gasteiger partial charge in [-0.05, 0) is 60.9 Å². The highest BCUT2D eigenvalue weighted by molar-refractivity contribution is 5.82. The van der Waals surface area contributed by atoms with Crippen molar-refractivity contribution in [3.63, 3.8) is 0 Å². The lowest BCUT2D eigenvalue weighted by Crippen LogP contribution is -2.40. The van der Waals surface area contributed by atoms with Gasteiger partial charge in [-0.3, -0.25) is 4.79 Å². The second-order valence-corrected chi connectivity index (χ2v) is 5.82. The number of hydrogen-bond donors (Lipinski definition) is 2. The molecule has 2 N–H and O–H groups in total. The van der Waals surface area contributed by atoms with Crippen molar-refractivity contribution in [3.05, 3.63) is 34.4 Å². The predicted octanol–water partition coefficient (Wildman–Crippen LogP) is 2.74. The fourth-order valence-corrected chi connectivity index (χ4v) is 3.14. The average Bonchev–Trinajstić information content (AvgIpc) is 3.06. The maximum atomic E-state index is 12.2. The van der Waals surface area contributed by atoms with Crippen LogP contribution in [-0.2, 0) is 30.6 Å². The minimum absolute atomic E-state index is 0.00932. The van der Waals surface area contributed by atoms with E-state index in [2.05, 4.69) is 43.5 Å². The Morgan fingerprint density at radius 1 is 1.19 bits per heavy atom. The van der Waals surface area contributed by atoms with Crippen molar-refractivity contribution >= 4 is 5.91 Å². The fourth-order valence-electron chi connectivity index (χ4n) is 3.14. The molecule has 0 radical (unpaired) electrons. The summed E-state index contributed by atoms with van der Waals surface area (Å²) < 4.78 is 0. The molecule has 1 atom stereocenters. The summed E-state index contributed by atoms with van der Waals surface area (Å²) in [7, 11) is 0. The molecule has 0 bridgehead atoms. The topological polar surface area (TPSA) is 41.1 Å². The van der Waals surface area contributed by atoms with Gasteiger partial charge in [0.15, 0.2) is 0 Å². The molecule has 2 rings (SSSR count). The van der Waals surface area contributed by atoms with Gasteiger partial charge in [-0.15, -0.1) is 0 Å². The molecule has 1 aromatic rings. The van der Waals surface area contributed by atoms with E-state index in [4.69, 9.17) is 0 Å². The highest BCUT2D eigenvalue weighted by atomic mass is 16.2. The first-order chi connectivity index (χ1) is 10.2. The van der Waals surface area contributed by atoms with Gasteiger partial charge in [-0.1, -0.05) is 32.9 Å². The van der Waals surface area contributed by atoms with Crippen molar-refractivity contribution in [2.45, 2.75) is 65.5 Å². The molecule has 3 heteroatoms. The third-order valence-corrected chi connectivity index (χ3v) is 4.48. The molecule has 1 aromatic carbocycles. The van der Waals surface area contributed by atoms with Crippen LogP contribution in [0.4, 0.5) is 0 Å². The van der Waals surface area contributed by atoms with E-state index in [1.54, 1.807) is 0 Å². The smallest absolute Gasteiger partial charge is 0.237 e. The predicted molar refractivity (Wildman–Crippen MR) is 87.4 cm³/mol. The van der Waals surface area contributed by atoms with Crippen LogP contribution in [0, 0.1) is 0 Å². The molecule has 0 aliphatic carbocycles. The van der Waals surface area contributed by atoms with Crippen LogP contribution >= 0.6 is 0 Å². The minimum Gasteiger partial charge on any atom is -0.351 e. The maximum absolute atomic E-state index is 12.2. The van der Waals surface area contributed by atoms with E-state index in [0.29, 0.717) is 6.54 Å². The Kier molecular flexibility index (Phi) is 5.80. The molecule has 1 aliphatic heterocycles. The van der Waals surface area contributed by atoms with E-state index in [1.807, 2.05) is 0 Å². The van der Waals surface area contributed by atoms with Crippen LogP contribution in [0.5, 0.6) is 0 Å². The fraction of sp³-hybridized carbons (Fsp3) is 0.611. The lowest BCUT2D eigenvalue weighted by molar-refractivity contribution is -0.122. The number of nitrogens with one attached hydrogen (secondary N) is 2. The SMILES string of the molecule is CCc1cc(CC)c(CNC(=O)[C@@H]2CCCN2)c(CC)c1. The van der Waals surface area contributed by atoms with Gasteiger partial charge >= 0.3 is 0 Å². The van der Waals surface area contributed by atoms with E-state index in [9.17, 15) is 4.79 Å². The number of aryl methyl sites for hydroxylation is 3. The number of amides is 1. The van der Waals surface area contributed by atoms with E-state index in [0.717, 1.165) is 38.6 Å². The normalized spacial score (nSPS) is 18.0. The van der Waals surface area contributed by atoms with Crippen LogP contribution in [-0.4, -0.2) is 18.5 Å². The molecule has 0 aromatic heterocycles. The third kappa shape index (κ3) is 3.85. The highest BCUT2D eigenvalue weighted by Gasteiger charge is 2.22. The number of carbonyl (C=O) groups is 1. The molecular formula is C18H28N2O. The van der Waals surface area contributed by atoms with Crippen molar-refractivity contribution in [2.75, 3.05) is 6.54 Å². The Bertz CT molecular complexity index is 465. The van der Waals surface area contributed by atoms with Crippen molar-refractivity contribution in [1.29, 1.82) is 0 Å². The van der Waals surface area contributed by atoms with Crippen molar-refractivity contribution in [2.24, 2.45) is 0 Å². The van der Waals surface area contributed by atoms with Crippen molar-refractivity contribution < 1.29 is 4.79 Å². The minimum atomic E-state index is 0.00932. The summed E-state index contributed by atoms with van der Waals surface area (Å²) in [6.07, 6.45) is 5.17. The average molecular weight is 288 g/mol. The van der Waals surface area contributed by atoms with Gasteiger partial charge < -0.3 is 10.6 Å². The van der Waals surface area contributed by atoms with Gasteiger partial charge in [0.25, 0.3) is 0 Å². The molecule has 116 valence electrons. The van der Waals surface area contributed by atoms with Crippen LogP contribution in [0.2, 0.25) is 0 Å². The van der Waals surface area contributed by atoms with E-state index in [1.165, 1.54) is 22.3 Å². The first-order valence-corrected chi connectivity index (χ1v) is 8.34. The Morgan fingerprint density at radius 2 is 1.86 bits per heavy atom. The quantitative estimate of drug-likeness (QED) is 0.845. The summed E-state index contributed by atoms with van der Waals surface area (Å²) in [6, 6.07) is 4.61. The summed E-state index contributed by atoms with van der Waals surface area (Å²) in [5.74, 6) is 0.149. The Hall–Kier alpha value is -1.35. The van der Waals surface area contributed by atoms with Gasteiger partial charge in [0.05, 0.1) is 6.04 Å². The van der Waals surface area contributed by atoms with Gasteiger partial charge in [-0.2, -0.15) is 0 Å². The second-order valence-electron chi connectivity index (χ2n) is 5.82. The largest absolute Gasteiger partial charge is 0.351 e. The monoisotopic (exact) mass is 288 g/mol. The Labute approximate surface area is 128 Å². The van der Waals surface area contributed by atoms with Gasteiger partial charge in [0.2, 0.25) is 5.91 Å². The van der Waals surface area contributed by atoms with Crippen molar-refractivity contribution in [1.82, 2.24) is 10.6 Å². The zero-order valence-corrected chi connectivity index (χ0v) is 13.6. The van der Waals surface area contributed by atoms with E-state index < -0.39 is 0 Å². The Morgan fingerprint density at radius 3 is 2.33 bits per heavy atom. The highest BCUT2D eigenvalue weighted by Crippen LogP contribution is 2.20. The molecule has 1 amide bonds. The first kappa shape index (κ1) is 16.0.